The molecule has 130 valence electrons. The Balaban J connectivity index is 1.49. The fourth-order valence-corrected chi connectivity index (χ4v) is 5.46. The van der Waals surface area contributed by atoms with Gasteiger partial charge in [0.15, 0.2) is 6.67 Å². The molecule has 0 radical (unpaired) electrons. The summed E-state index contributed by atoms with van der Waals surface area (Å²) in [4.78, 5) is 29.8. The van der Waals surface area contributed by atoms with E-state index in [-0.39, 0.29) is 11.9 Å². The zero-order valence-corrected chi connectivity index (χ0v) is 15.2. The first kappa shape index (κ1) is 16.1. The summed E-state index contributed by atoms with van der Waals surface area (Å²) < 4.78 is 0. The number of quaternary nitrogens is 1. The SMILES string of the molecule is CC1CCC2(CC1)NC(=O)N(C[NH+]1CCc3sccc3[C@H]1C)C2=O. The number of amides is 3. The molecule has 2 aliphatic heterocycles. The molecule has 0 aromatic carbocycles. The largest absolute Gasteiger partial charge is 0.329 e. The quantitative estimate of drug-likeness (QED) is 0.800. The van der Waals surface area contributed by atoms with Crippen molar-refractivity contribution >= 4 is 23.3 Å². The lowest BCUT2D eigenvalue weighted by Gasteiger charge is -2.35. The average molecular weight is 348 g/mol. The Kier molecular flexibility index (Phi) is 3.92. The average Bonchev–Trinajstić information content (AvgIpc) is 3.12. The summed E-state index contributed by atoms with van der Waals surface area (Å²) in [6, 6.07) is 2.34. The van der Waals surface area contributed by atoms with Crippen molar-refractivity contribution in [3.05, 3.63) is 21.9 Å². The second kappa shape index (κ2) is 5.85. The molecule has 3 aliphatic rings. The second-order valence-corrected chi connectivity index (χ2v) is 8.77. The minimum absolute atomic E-state index is 0.00946. The molecule has 0 bridgehead atoms. The van der Waals surface area contributed by atoms with Crippen molar-refractivity contribution < 1.29 is 14.5 Å². The molecule has 1 aliphatic carbocycles. The topological polar surface area (TPSA) is 53.9 Å². The van der Waals surface area contributed by atoms with Crippen LogP contribution in [0.25, 0.3) is 0 Å². The molecule has 1 aromatic heterocycles. The number of hydrogen-bond donors (Lipinski definition) is 2. The van der Waals surface area contributed by atoms with Gasteiger partial charge in [-0.05, 0) is 50.0 Å². The van der Waals surface area contributed by atoms with Gasteiger partial charge in [-0.15, -0.1) is 11.3 Å². The summed E-state index contributed by atoms with van der Waals surface area (Å²) in [5, 5.41) is 5.18. The molecule has 2 atom stereocenters. The number of nitrogens with zero attached hydrogens (tertiary/aromatic N) is 1. The number of thiophene rings is 1. The highest BCUT2D eigenvalue weighted by Gasteiger charge is 2.53. The van der Waals surface area contributed by atoms with Crippen LogP contribution >= 0.6 is 11.3 Å². The Morgan fingerprint density at radius 3 is 2.83 bits per heavy atom. The van der Waals surface area contributed by atoms with Crippen LogP contribution in [0.2, 0.25) is 0 Å². The lowest BCUT2D eigenvalue weighted by Crippen LogP contribution is -3.14. The highest BCUT2D eigenvalue weighted by Crippen LogP contribution is 2.36. The van der Waals surface area contributed by atoms with Gasteiger partial charge in [-0.1, -0.05) is 6.92 Å². The Morgan fingerprint density at radius 2 is 2.08 bits per heavy atom. The predicted octanol–water partition coefficient (Wildman–Crippen LogP) is 1.71. The van der Waals surface area contributed by atoms with Crippen LogP contribution < -0.4 is 10.2 Å². The van der Waals surface area contributed by atoms with Crippen LogP contribution in [-0.2, 0) is 11.2 Å². The maximum absolute atomic E-state index is 13.0. The molecule has 3 heterocycles. The van der Waals surface area contributed by atoms with Crippen LogP contribution in [0.15, 0.2) is 11.4 Å². The van der Waals surface area contributed by atoms with E-state index >= 15 is 0 Å². The number of rotatable bonds is 2. The fourth-order valence-electron chi connectivity index (χ4n) is 4.48. The molecule has 1 unspecified atom stereocenters. The van der Waals surface area contributed by atoms with E-state index in [9.17, 15) is 9.59 Å². The standard InChI is InChI=1S/C18H25N3O2S/c1-12-3-7-18(8-4-12)16(22)21(17(23)19-18)11-20-9-5-15-14(13(20)2)6-10-24-15/h6,10,12-13H,3-5,7-9,11H2,1-2H3,(H,19,23)/p+1/t12?,13-,18?/m1/s1. The van der Waals surface area contributed by atoms with Crippen LogP contribution in [0.1, 0.15) is 56.0 Å². The van der Waals surface area contributed by atoms with E-state index in [2.05, 4.69) is 30.6 Å². The van der Waals surface area contributed by atoms with E-state index in [4.69, 9.17) is 0 Å². The molecular weight excluding hydrogens is 322 g/mol. The minimum Gasteiger partial charge on any atom is -0.323 e. The lowest BCUT2D eigenvalue weighted by molar-refractivity contribution is -0.938. The number of urea groups is 1. The van der Waals surface area contributed by atoms with E-state index in [1.54, 1.807) is 0 Å². The maximum Gasteiger partial charge on any atom is 0.329 e. The van der Waals surface area contributed by atoms with Crippen LogP contribution in [0.5, 0.6) is 0 Å². The first-order chi connectivity index (χ1) is 11.5. The molecule has 1 saturated carbocycles. The second-order valence-electron chi connectivity index (χ2n) is 7.77. The Morgan fingerprint density at radius 1 is 1.33 bits per heavy atom. The summed E-state index contributed by atoms with van der Waals surface area (Å²) in [5.74, 6) is 0.661. The van der Waals surface area contributed by atoms with Gasteiger partial charge in [0, 0.05) is 16.9 Å². The maximum atomic E-state index is 13.0. The van der Waals surface area contributed by atoms with Gasteiger partial charge in [0.25, 0.3) is 5.91 Å². The van der Waals surface area contributed by atoms with E-state index in [1.165, 1.54) is 20.2 Å². The highest BCUT2D eigenvalue weighted by atomic mass is 32.1. The Hall–Kier alpha value is -1.40. The number of fused-ring (bicyclic) bond motifs is 1. The van der Waals surface area contributed by atoms with Gasteiger partial charge in [0.2, 0.25) is 0 Å². The summed E-state index contributed by atoms with van der Waals surface area (Å²) in [6.45, 7) is 5.90. The number of imide groups is 1. The highest BCUT2D eigenvalue weighted by molar-refractivity contribution is 7.10. The molecule has 1 aromatic rings. The smallest absolute Gasteiger partial charge is 0.323 e. The van der Waals surface area contributed by atoms with Crippen molar-refractivity contribution in [3.8, 4) is 0 Å². The Labute approximate surface area is 147 Å². The first-order valence-electron chi connectivity index (χ1n) is 9.05. The molecule has 2 N–H and O–H groups in total. The van der Waals surface area contributed by atoms with Gasteiger partial charge in [-0.2, -0.15) is 0 Å². The van der Waals surface area contributed by atoms with Gasteiger partial charge in [-0.3, -0.25) is 4.79 Å². The molecule has 1 spiro atoms. The summed E-state index contributed by atoms with van der Waals surface area (Å²) in [5.41, 5.74) is 0.768. The van der Waals surface area contributed by atoms with Gasteiger partial charge in [0.1, 0.15) is 11.6 Å². The summed E-state index contributed by atoms with van der Waals surface area (Å²) in [7, 11) is 0. The Bertz CT molecular complexity index is 663. The van der Waals surface area contributed by atoms with Crippen molar-refractivity contribution in [1.29, 1.82) is 0 Å². The predicted molar refractivity (Wildman–Crippen MR) is 92.9 cm³/mol. The molecule has 6 heteroatoms. The summed E-state index contributed by atoms with van der Waals surface area (Å²) >= 11 is 1.82. The third-order valence-corrected chi connectivity index (χ3v) is 7.26. The molecule has 1 saturated heterocycles. The van der Waals surface area contributed by atoms with Crippen LogP contribution in [0, 0.1) is 5.92 Å². The van der Waals surface area contributed by atoms with E-state index < -0.39 is 5.54 Å². The normalized spacial score (nSPS) is 36.1. The molecule has 5 nitrogen and oxygen atoms in total. The van der Waals surface area contributed by atoms with Gasteiger partial charge >= 0.3 is 6.03 Å². The molecule has 3 amide bonds. The van der Waals surface area contributed by atoms with Gasteiger partial charge in [-0.25, -0.2) is 9.69 Å². The molecule has 24 heavy (non-hydrogen) atoms. The van der Waals surface area contributed by atoms with Crippen molar-refractivity contribution in [2.45, 2.75) is 57.5 Å². The van der Waals surface area contributed by atoms with Gasteiger partial charge < -0.3 is 10.2 Å². The van der Waals surface area contributed by atoms with Crippen molar-refractivity contribution in [1.82, 2.24) is 10.2 Å². The van der Waals surface area contributed by atoms with E-state index in [0.29, 0.717) is 18.6 Å². The molecular formula is C18H26N3O2S+. The number of carbonyl (C=O) groups is 2. The number of hydrogen-bond acceptors (Lipinski definition) is 3. The zero-order chi connectivity index (χ0) is 16.9. The first-order valence-corrected chi connectivity index (χ1v) is 9.93. The third kappa shape index (κ3) is 2.47. The number of nitrogens with one attached hydrogen (secondary N) is 2. The summed E-state index contributed by atoms with van der Waals surface area (Å²) in [6.07, 6.45) is 4.65. The van der Waals surface area contributed by atoms with Crippen LogP contribution in [0.4, 0.5) is 4.79 Å². The van der Waals surface area contributed by atoms with Crippen LogP contribution in [0.3, 0.4) is 0 Å². The number of carbonyl (C=O) groups excluding carboxylic acids is 2. The third-order valence-electron chi connectivity index (χ3n) is 6.27. The monoisotopic (exact) mass is 348 g/mol. The van der Waals surface area contributed by atoms with Crippen LogP contribution in [-0.4, -0.2) is 35.6 Å². The van der Waals surface area contributed by atoms with Crippen molar-refractivity contribution in [3.63, 3.8) is 0 Å². The molecule has 4 rings (SSSR count). The van der Waals surface area contributed by atoms with E-state index in [1.807, 2.05) is 11.3 Å². The minimum atomic E-state index is -0.615. The van der Waals surface area contributed by atoms with Crippen molar-refractivity contribution in [2.24, 2.45) is 5.92 Å². The fraction of sp³-hybridized carbons (Fsp3) is 0.667. The van der Waals surface area contributed by atoms with Crippen molar-refractivity contribution in [2.75, 3.05) is 13.2 Å². The van der Waals surface area contributed by atoms with E-state index in [0.717, 1.165) is 38.6 Å². The zero-order valence-electron chi connectivity index (χ0n) is 14.4. The molecule has 2 fully saturated rings. The van der Waals surface area contributed by atoms with Gasteiger partial charge in [0.05, 0.1) is 6.54 Å². The lowest BCUT2D eigenvalue weighted by atomic mass is 9.77.